The monoisotopic (exact) mass is 286 g/mol. The van der Waals surface area contributed by atoms with Crippen LogP contribution >= 0.6 is 0 Å². The standard InChI is InChI=1S/C13H18O5S/c1-9(2)13(17-10(3)14)11-5-7-12(8-6-11)18-19(4,15)16/h5-9,13H,1-4H3. The molecule has 0 radical (unpaired) electrons. The van der Waals surface area contributed by atoms with Crippen molar-refractivity contribution in [2.45, 2.75) is 26.9 Å². The van der Waals surface area contributed by atoms with E-state index in [2.05, 4.69) is 0 Å². The molecule has 0 aliphatic heterocycles. The fourth-order valence-corrected chi connectivity index (χ4v) is 2.12. The van der Waals surface area contributed by atoms with E-state index in [1.165, 1.54) is 19.1 Å². The van der Waals surface area contributed by atoms with Crippen molar-refractivity contribution in [2.75, 3.05) is 6.26 Å². The molecular weight excluding hydrogens is 268 g/mol. The fraction of sp³-hybridized carbons (Fsp3) is 0.462. The number of ether oxygens (including phenoxy) is 1. The van der Waals surface area contributed by atoms with Crippen LogP contribution in [0, 0.1) is 5.92 Å². The van der Waals surface area contributed by atoms with Gasteiger partial charge in [-0.2, -0.15) is 8.42 Å². The van der Waals surface area contributed by atoms with Gasteiger partial charge in [-0.15, -0.1) is 0 Å². The maximum absolute atomic E-state index is 11.1. The topological polar surface area (TPSA) is 69.7 Å². The zero-order chi connectivity index (χ0) is 14.6. The third-order valence-corrected chi connectivity index (χ3v) is 2.85. The van der Waals surface area contributed by atoms with E-state index in [-0.39, 0.29) is 23.7 Å². The van der Waals surface area contributed by atoms with Gasteiger partial charge in [-0.3, -0.25) is 4.79 Å². The summed E-state index contributed by atoms with van der Waals surface area (Å²) >= 11 is 0. The van der Waals surface area contributed by atoms with E-state index >= 15 is 0 Å². The molecule has 6 heteroatoms. The molecule has 106 valence electrons. The van der Waals surface area contributed by atoms with Gasteiger partial charge in [0.1, 0.15) is 11.9 Å². The molecular formula is C13H18O5S. The van der Waals surface area contributed by atoms with Crippen LogP contribution in [0.15, 0.2) is 24.3 Å². The van der Waals surface area contributed by atoms with Gasteiger partial charge in [0.25, 0.3) is 0 Å². The van der Waals surface area contributed by atoms with Crippen molar-refractivity contribution < 1.29 is 22.1 Å². The summed E-state index contributed by atoms with van der Waals surface area (Å²) in [6.07, 6.45) is 0.626. The van der Waals surface area contributed by atoms with E-state index in [0.29, 0.717) is 0 Å². The van der Waals surface area contributed by atoms with Gasteiger partial charge in [0.15, 0.2) is 0 Å². The first-order valence-electron chi connectivity index (χ1n) is 5.85. The quantitative estimate of drug-likeness (QED) is 0.613. The Balaban J connectivity index is 2.92. The lowest BCUT2D eigenvalue weighted by molar-refractivity contribution is -0.149. The van der Waals surface area contributed by atoms with Crippen molar-refractivity contribution >= 4 is 16.1 Å². The molecule has 0 bridgehead atoms. The van der Waals surface area contributed by atoms with Crippen LogP contribution in [0.2, 0.25) is 0 Å². The zero-order valence-corrected chi connectivity index (χ0v) is 12.2. The highest BCUT2D eigenvalue weighted by molar-refractivity contribution is 7.86. The SMILES string of the molecule is CC(=O)OC(c1ccc(OS(C)(=O)=O)cc1)C(C)C. The van der Waals surface area contributed by atoms with Crippen molar-refractivity contribution in [3.05, 3.63) is 29.8 Å². The molecule has 0 spiro atoms. The first-order valence-corrected chi connectivity index (χ1v) is 7.67. The van der Waals surface area contributed by atoms with E-state index in [1.807, 2.05) is 13.8 Å². The van der Waals surface area contributed by atoms with Gasteiger partial charge >= 0.3 is 16.1 Å². The van der Waals surface area contributed by atoms with Crippen LogP contribution in [-0.4, -0.2) is 20.6 Å². The van der Waals surface area contributed by atoms with E-state index in [4.69, 9.17) is 8.92 Å². The molecule has 0 heterocycles. The summed E-state index contributed by atoms with van der Waals surface area (Å²) in [6.45, 7) is 5.24. The third-order valence-electron chi connectivity index (χ3n) is 2.35. The molecule has 0 saturated heterocycles. The van der Waals surface area contributed by atoms with E-state index in [0.717, 1.165) is 11.8 Å². The van der Waals surface area contributed by atoms with Crippen LogP contribution in [-0.2, 0) is 19.6 Å². The molecule has 0 aliphatic rings. The predicted octanol–water partition coefficient (Wildman–Crippen LogP) is 2.29. The maximum Gasteiger partial charge on any atom is 0.306 e. The second kappa shape index (κ2) is 6.06. The minimum Gasteiger partial charge on any atom is -0.457 e. The molecule has 0 aromatic heterocycles. The third kappa shape index (κ3) is 5.30. The Morgan fingerprint density at radius 3 is 2.05 bits per heavy atom. The van der Waals surface area contributed by atoms with Gasteiger partial charge in [-0.05, 0) is 23.6 Å². The normalized spacial score (nSPS) is 13.1. The van der Waals surface area contributed by atoms with Crippen molar-refractivity contribution in [1.82, 2.24) is 0 Å². The Labute approximate surface area is 113 Å². The number of benzene rings is 1. The number of esters is 1. The first-order chi connectivity index (χ1) is 8.69. The summed E-state index contributed by atoms with van der Waals surface area (Å²) < 4.78 is 31.9. The number of carbonyl (C=O) groups is 1. The summed E-state index contributed by atoms with van der Waals surface area (Å²) in [5.74, 6) is -0.00248. The van der Waals surface area contributed by atoms with Crippen LogP contribution in [0.25, 0.3) is 0 Å². The molecule has 5 nitrogen and oxygen atoms in total. The molecule has 1 unspecified atom stereocenters. The zero-order valence-electron chi connectivity index (χ0n) is 11.4. The highest BCUT2D eigenvalue weighted by Gasteiger charge is 2.19. The van der Waals surface area contributed by atoms with Gasteiger partial charge < -0.3 is 8.92 Å². The lowest BCUT2D eigenvalue weighted by Gasteiger charge is -2.21. The van der Waals surface area contributed by atoms with Crippen LogP contribution in [0.3, 0.4) is 0 Å². The highest BCUT2D eigenvalue weighted by atomic mass is 32.2. The van der Waals surface area contributed by atoms with Crippen LogP contribution in [0.5, 0.6) is 5.75 Å². The number of hydrogen-bond donors (Lipinski definition) is 0. The minimum absolute atomic E-state index is 0.116. The van der Waals surface area contributed by atoms with Crippen molar-refractivity contribution in [2.24, 2.45) is 5.92 Å². The highest BCUT2D eigenvalue weighted by Crippen LogP contribution is 2.27. The smallest absolute Gasteiger partial charge is 0.306 e. The van der Waals surface area contributed by atoms with Gasteiger partial charge in [0.2, 0.25) is 0 Å². The van der Waals surface area contributed by atoms with E-state index in [1.54, 1.807) is 12.1 Å². The molecule has 1 rings (SSSR count). The molecule has 1 aromatic carbocycles. The fourth-order valence-electron chi connectivity index (χ4n) is 1.66. The van der Waals surface area contributed by atoms with E-state index < -0.39 is 10.1 Å². The molecule has 0 saturated carbocycles. The van der Waals surface area contributed by atoms with Crippen LogP contribution in [0.4, 0.5) is 0 Å². The Morgan fingerprint density at radius 1 is 1.16 bits per heavy atom. The van der Waals surface area contributed by atoms with Crippen molar-refractivity contribution in [3.63, 3.8) is 0 Å². The molecule has 0 N–H and O–H groups in total. The second-order valence-electron chi connectivity index (χ2n) is 4.63. The summed E-state index contributed by atoms with van der Waals surface area (Å²) in [4.78, 5) is 11.1. The van der Waals surface area contributed by atoms with Crippen LogP contribution < -0.4 is 4.18 Å². The van der Waals surface area contributed by atoms with E-state index in [9.17, 15) is 13.2 Å². The summed E-state index contributed by atoms with van der Waals surface area (Å²) in [5, 5.41) is 0. The summed E-state index contributed by atoms with van der Waals surface area (Å²) in [6, 6.07) is 6.45. The number of hydrogen-bond acceptors (Lipinski definition) is 5. The minimum atomic E-state index is -3.53. The van der Waals surface area contributed by atoms with Gasteiger partial charge in [0, 0.05) is 6.92 Å². The average molecular weight is 286 g/mol. The molecule has 1 atom stereocenters. The number of carbonyl (C=O) groups excluding carboxylic acids is 1. The molecule has 0 aliphatic carbocycles. The molecule has 19 heavy (non-hydrogen) atoms. The second-order valence-corrected chi connectivity index (χ2v) is 6.21. The van der Waals surface area contributed by atoms with Crippen molar-refractivity contribution in [3.8, 4) is 5.75 Å². The Bertz CT molecular complexity index is 531. The maximum atomic E-state index is 11.1. The molecule has 0 amide bonds. The van der Waals surface area contributed by atoms with Crippen molar-refractivity contribution in [1.29, 1.82) is 0 Å². The summed E-state index contributed by atoms with van der Waals surface area (Å²) in [7, 11) is -3.53. The van der Waals surface area contributed by atoms with Crippen LogP contribution in [0.1, 0.15) is 32.4 Å². The Morgan fingerprint density at radius 2 is 1.68 bits per heavy atom. The first kappa shape index (κ1) is 15.5. The molecule has 1 aromatic rings. The Hall–Kier alpha value is -1.56. The molecule has 0 fully saturated rings. The summed E-state index contributed by atoms with van der Waals surface area (Å²) in [5.41, 5.74) is 0.797. The number of rotatable bonds is 5. The lowest BCUT2D eigenvalue weighted by Crippen LogP contribution is -2.14. The average Bonchev–Trinajstić information content (AvgIpc) is 2.24. The van der Waals surface area contributed by atoms with Gasteiger partial charge in [-0.25, -0.2) is 0 Å². The lowest BCUT2D eigenvalue weighted by atomic mass is 9.99. The van der Waals surface area contributed by atoms with Gasteiger partial charge in [-0.1, -0.05) is 26.0 Å². The Kier molecular flexibility index (Phi) is 4.94. The predicted molar refractivity (Wildman–Crippen MR) is 71.3 cm³/mol. The van der Waals surface area contributed by atoms with Gasteiger partial charge in [0.05, 0.1) is 6.26 Å². The largest absolute Gasteiger partial charge is 0.457 e.